The van der Waals surface area contributed by atoms with E-state index in [1.54, 1.807) is 6.20 Å². The SMILES string of the molecule is O=C1NC=CC12C=CCN2. The van der Waals surface area contributed by atoms with Crippen LogP contribution in [0.2, 0.25) is 0 Å². The van der Waals surface area contributed by atoms with Gasteiger partial charge in [0.05, 0.1) is 0 Å². The predicted molar refractivity (Wildman–Crippen MR) is 37.2 cm³/mol. The summed E-state index contributed by atoms with van der Waals surface area (Å²) in [5.41, 5.74) is -0.514. The molecule has 1 amide bonds. The van der Waals surface area contributed by atoms with E-state index in [9.17, 15) is 4.79 Å². The van der Waals surface area contributed by atoms with E-state index in [0.29, 0.717) is 0 Å². The molecule has 2 aliphatic rings. The molecular weight excluding hydrogens is 128 g/mol. The Morgan fingerprint density at radius 3 is 2.90 bits per heavy atom. The molecule has 0 saturated carbocycles. The van der Waals surface area contributed by atoms with E-state index in [0.717, 1.165) is 6.54 Å². The number of nitrogens with one attached hydrogen (secondary N) is 2. The zero-order chi connectivity index (χ0) is 7.03. The summed E-state index contributed by atoms with van der Waals surface area (Å²) in [6, 6.07) is 0. The minimum Gasteiger partial charge on any atom is -0.331 e. The Morgan fingerprint density at radius 1 is 1.50 bits per heavy atom. The zero-order valence-electron chi connectivity index (χ0n) is 5.42. The molecule has 0 radical (unpaired) electrons. The van der Waals surface area contributed by atoms with E-state index in [1.165, 1.54) is 0 Å². The third kappa shape index (κ3) is 0.552. The number of hydrogen-bond acceptors (Lipinski definition) is 2. The first-order chi connectivity index (χ1) is 4.83. The first kappa shape index (κ1) is 5.68. The van der Waals surface area contributed by atoms with Gasteiger partial charge in [0.25, 0.3) is 5.91 Å². The lowest BCUT2D eigenvalue weighted by atomic mass is 10.0. The first-order valence-corrected chi connectivity index (χ1v) is 3.25. The Labute approximate surface area is 58.8 Å². The monoisotopic (exact) mass is 136 g/mol. The standard InChI is InChI=1S/C7H8N2O/c10-6-7(3-5-8-6)2-1-4-9-7/h1-3,5,9H,4H2,(H,8,10). The second-order valence-corrected chi connectivity index (χ2v) is 2.46. The van der Waals surface area contributed by atoms with Crippen LogP contribution in [0.1, 0.15) is 0 Å². The lowest BCUT2D eigenvalue weighted by Crippen LogP contribution is -2.46. The van der Waals surface area contributed by atoms with Crippen molar-refractivity contribution >= 4 is 5.91 Å². The van der Waals surface area contributed by atoms with E-state index < -0.39 is 5.54 Å². The molecule has 3 heteroatoms. The fourth-order valence-corrected chi connectivity index (χ4v) is 1.25. The molecule has 1 unspecified atom stereocenters. The van der Waals surface area contributed by atoms with Gasteiger partial charge in [-0.1, -0.05) is 12.2 Å². The van der Waals surface area contributed by atoms with Crippen molar-refractivity contribution in [2.75, 3.05) is 6.54 Å². The topological polar surface area (TPSA) is 41.1 Å². The second-order valence-electron chi connectivity index (χ2n) is 2.46. The minimum absolute atomic E-state index is 0.0150. The number of rotatable bonds is 0. The highest BCUT2D eigenvalue weighted by Gasteiger charge is 2.37. The molecule has 0 aromatic carbocycles. The molecule has 0 aromatic rings. The van der Waals surface area contributed by atoms with Gasteiger partial charge < -0.3 is 5.32 Å². The van der Waals surface area contributed by atoms with Gasteiger partial charge in [0.2, 0.25) is 0 Å². The molecule has 0 fully saturated rings. The van der Waals surface area contributed by atoms with E-state index in [1.807, 2.05) is 18.2 Å². The van der Waals surface area contributed by atoms with Gasteiger partial charge in [-0.3, -0.25) is 10.1 Å². The van der Waals surface area contributed by atoms with Crippen LogP contribution in [0.15, 0.2) is 24.4 Å². The van der Waals surface area contributed by atoms with Gasteiger partial charge in [0.1, 0.15) is 5.54 Å². The molecule has 0 aliphatic carbocycles. The van der Waals surface area contributed by atoms with Gasteiger partial charge in [-0.25, -0.2) is 0 Å². The van der Waals surface area contributed by atoms with E-state index >= 15 is 0 Å². The Balaban J connectivity index is 2.36. The summed E-state index contributed by atoms with van der Waals surface area (Å²) in [6.45, 7) is 0.776. The maximum atomic E-state index is 11.1. The minimum atomic E-state index is -0.514. The summed E-state index contributed by atoms with van der Waals surface area (Å²) in [6.07, 6.45) is 7.34. The summed E-state index contributed by atoms with van der Waals surface area (Å²) < 4.78 is 0. The summed E-state index contributed by atoms with van der Waals surface area (Å²) >= 11 is 0. The van der Waals surface area contributed by atoms with Gasteiger partial charge in [-0.15, -0.1) is 0 Å². The van der Waals surface area contributed by atoms with Crippen LogP contribution in [0.3, 0.4) is 0 Å². The third-order valence-corrected chi connectivity index (χ3v) is 1.83. The van der Waals surface area contributed by atoms with E-state index in [-0.39, 0.29) is 5.91 Å². The molecule has 10 heavy (non-hydrogen) atoms. The summed E-state index contributed by atoms with van der Waals surface area (Å²) in [5.74, 6) is 0.0150. The zero-order valence-corrected chi connectivity index (χ0v) is 5.42. The quantitative estimate of drug-likeness (QED) is 0.442. The fourth-order valence-electron chi connectivity index (χ4n) is 1.25. The van der Waals surface area contributed by atoms with Crippen LogP contribution in [-0.2, 0) is 4.79 Å². The number of carbonyl (C=O) groups excluding carboxylic acids is 1. The van der Waals surface area contributed by atoms with Crippen LogP contribution in [0.25, 0.3) is 0 Å². The Kier molecular flexibility index (Phi) is 0.964. The molecule has 0 aromatic heterocycles. The van der Waals surface area contributed by atoms with Crippen LogP contribution in [0.4, 0.5) is 0 Å². The van der Waals surface area contributed by atoms with Gasteiger partial charge in [-0.2, -0.15) is 0 Å². The first-order valence-electron chi connectivity index (χ1n) is 3.25. The van der Waals surface area contributed by atoms with Crippen molar-refractivity contribution in [3.05, 3.63) is 24.4 Å². The van der Waals surface area contributed by atoms with E-state index in [2.05, 4.69) is 10.6 Å². The molecule has 1 atom stereocenters. The highest BCUT2D eigenvalue weighted by Crippen LogP contribution is 2.17. The van der Waals surface area contributed by atoms with Crippen LogP contribution in [0.5, 0.6) is 0 Å². The van der Waals surface area contributed by atoms with E-state index in [4.69, 9.17) is 0 Å². The number of hydrogen-bond donors (Lipinski definition) is 2. The lowest BCUT2D eigenvalue weighted by Gasteiger charge is -2.15. The fraction of sp³-hybridized carbons (Fsp3) is 0.286. The largest absolute Gasteiger partial charge is 0.331 e. The Hall–Kier alpha value is -1.09. The van der Waals surface area contributed by atoms with Gasteiger partial charge in [-0.05, 0) is 6.08 Å². The number of carbonyl (C=O) groups is 1. The molecule has 0 bridgehead atoms. The van der Waals surface area contributed by atoms with Crippen LogP contribution < -0.4 is 10.6 Å². The smallest absolute Gasteiger partial charge is 0.252 e. The predicted octanol–water partition coefficient (Wildman–Crippen LogP) is -0.472. The summed E-state index contributed by atoms with van der Waals surface area (Å²) in [5, 5.41) is 5.69. The molecule has 2 N–H and O–H groups in total. The van der Waals surface area contributed by atoms with Crippen molar-refractivity contribution in [2.45, 2.75) is 5.54 Å². The van der Waals surface area contributed by atoms with Gasteiger partial charge in [0, 0.05) is 12.7 Å². The van der Waals surface area contributed by atoms with Crippen LogP contribution in [-0.4, -0.2) is 18.0 Å². The second kappa shape index (κ2) is 1.70. The van der Waals surface area contributed by atoms with Crippen molar-refractivity contribution < 1.29 is 4.79 Å². The van der Waals surface area contributed by atoms with Crippen molar-refractivity contribution in [1.82, 2.24) is 10.6 Å². The Morgan fingerprint density at radius 2 is 2.40 bits per heavy atom. The van der Waals surface area contributed by atoms with Crippen molar-refractivity contribution in [3.63, 3.8) is 0 Å². The highest BCUT2D eigenvalue weighted by atomic mass is 16.2. The van der Waals surface area contributed by atoms with Crippen LogP contribution >= 0.6 is 0 Å². The van der Waals surface area contributed by atoms with Crippen molar-refractivity contribution in [1.29, 1.82) is 0 Å². The summed E-state index contributed by atoms with van der Waals surface area (Å²) in [4.78, 5) is 11.1. The Bertz CT molecular complexity index is 228. The lowest BCUT2D eigenvalue weighted by molar-refractivity contribution is -0.122. The van der Waals surface area contributed by atoms with Crippen molar-refractivity contribution in [3.8, 4) is 0 Å². The molecule has 1 spiro atoms. The maximum absolute atomic E-state index is 11.1. The molecule has 3 nitrogen and oxygen atoms in total. The summed E-state index contributed by atoms with van der Waals surface area (Å²) in [7, 11) is 0. The third-order valence-electron chi connectivity index (χ3n) is 1.83. The molecule has 52 valence electrons. The molecule has 2 heterocycles. The normalized spacial score (nSPS) is 35.8. The molecular formula is C7H8N2O. The number of amides is 1. The molecule has 2 rings (SSSR count). The maximum Gasteiger partial charge on any atom is 0.252 e. The average molecular weight is 136 g/mol. The van der Waals surface area contributed by atoms with Gasteiger partial charge >= 0.3 is 0 Å². The van der Waals surface area contributed by atoms with Crippen LogP contribution in [0, 0.1) is 0 Å². The molecule has 2 aliphatic heterocycles. The molecule has 0 saturated heterocycles. The average Bonchev–Trinajstić information content (AvgIpc) is 2.48. The van der Waals surface area contributed by atoms with Crippen molar-refractivity contribution in [2.24, 2.45) is 0 Å². The highest BCUT2D eigenvalue weighted by molar-refractivity contribution is 5.94. The van der Waals surface area contributed by atoms with Gasteiger partial charge in [0.15, 0.2) is 0 Å².